The van der Waals surface area contributed by atoms with Gasteiger partial charge in [0.1, 0.15) is 13.4 Å². The molecular formula is C50H94N2O15S2. The molecule has 0 saturated heterocycles. The molecule has 0 aromatic rings. The third-order valence-corrected chi connectivity index (χ3v) is 13.1. The van der Waals surface area contributed by atoms with Gasteiger partial charge in [-0.25, -0.2) is 0 Å². The van der Waals surface area contributed by atoms with Gasteiger partial charge in [-0.2, -0.15) is 0 Å². The van der Waals surface area contributed by atoms with Gasteiger partial charge in [0.05, 0.1) is 112 Å². The second-order valence-corrected chi connectivity index (χ2v) is 19.2. The molecule has 0 atom stereocenters. The van der Waals surface area contributed by atoms with E-state index < -0.39 is 0 Å². The summed E-state index contributed by atoms with van der Waals surface area (Å²) in [6, 6.07) is 0. The van der Waals surface area contributed by atoms with E-state index >= 15 is 0 Å². The predicted molar refractivity (Wildman–Crippen MR) is 273 cm³/mol. The van der Waals surface area contributed by atoms with Gasteiger partial charge < -0.3 is 62.5 Å². The number of carbonyl (C=O) groups is 3. The van der Waals surface area contributed by atoms with Gasteiger partial charge in [-0.05, 0) is 32.1 Å². The van der Waals surface area contributed by atoms with E-state index in [2.05, 4.69) is 26.9 Å². The van der Waals surface area contributed by atoms with Crippen molar-refractivity contribution in [2.75, 3.05) is 170 Å². The number of carbonyl (C=O) groups excluding carboxylic acids is 3. The molecule has 1 aliphatic heterocycles. The van der Waals surface area contributed by atoms with Crippen molar-refractivity contribution in [3.8, 4) is 0 Å². The highest BCUT2D eigenvalue weighted by atomic mass is 33.1. The predicted octanol–water partition coefficient (Wildman–Crippen LogP) is 6.95. The molecule has 0 bridgehead atoms. The molecule has 2 N–H and O–H groups in total. The Morgan fingerprint density at radius 2 is 0.725 bits per heavy atom. The van der Waals surface area contributed by atoms with Crippen LogP contribution >= 0.6 is 21.6 Å². The van der Waals surface area contributed by atoms with Crippen LogP contribution in [0.25, 0.3) is 0 Å². The number of aliphatic hydroxyl groups excluding tert-OH is 1. The van der Waals surface area contributed by atoms with Crippen molar-refractivity contribution in [3.05, 3.63) is 12.2 Å². The number of amides is 3. The number of rotatable bonds is 59. The Labute approximate surface area is 423 Å². The van der Waals surface area contributed by atoms with Crippen LogP contribution in [0.3, 0.4) is 0 Å². The van der Waals surface area contributed by atoms with Gasteiger partial charge in [0.25, 0.3) is 11.8 Å². The Hall–Kier alpha value is -1.43. The minimum absolute atomic E-state index is 0.0454. The summed E-state index contributed by atoms with van der Waals surface area (Å²) in [5.41, 5.74) is 0. The van der Waals surface area contributed by atoms with Crippen molar-refractivity contribution in [2.24, 2.45) is 0 Å². The summed E-state index contributed by atoms with van der Waals surface area (Å²) < 4.78 is 60.0. The lowest BCUT2D eigenvalue weighted by molar-refractivity contribution is -0.137. The number of hydrogen-bond acceptors (Lipinski definition) is 17. The van der Waals surface area contributed by atoms with Gasteiger partial charge in [-0.1, -0.05) is 111 Å². The third kappa shape index (κ3) is 49.9. The summed E-state index contributed by atoms with van der Waals surface area (Å²) in [4.78, 5) is 35.8. The number of imide groups is 1. The number of ether oxygens (including phenoxy) is 11. The van der Waals surface area contributed by atoms with Crippen LogP contribution in [-0.4, -0.2) is 198 Å². The van der Waals surface area contributed by atoms with Gasteiger partial charge in [-0.3, -0.25) is 19.3 Å². The van der Waals surface area contributed by atoms with Gasteiger partial charge in [-0.15, -0.1) is 0 Å². The summed E-state index contributed by atoms with van der Waals surface area (Å²) in [7, 11) is 4.15. The molecule has 17 nitrogen and oxygen atoms in total. The second-order valence-electron chi connectivity index (χ2n) is 16.5. The number of nitrogens with zero attached hydrogens (tertiary/aromatic N) is 1. The topological polar surface area (TPSA) is 188 Å². The van der Waals surface area contributed by atoms with Crippen LogP contribution in [0, 0.1) is 0 Å². The number of hydrogen-bond donors (Lipinski definition) is 2. The van der Waals surface area contributed by atoms with E-state index in [1.807, 2.05) is 0 Å². The summed E-state index contributed by atoms with van der Waals surface area (Å²) in [5.74, 6) is 1.51. The smallest absolute Gasteiger partial charge is 0.253 e. The van der Waals surface area contributed by atoms with Crippen molar-refractivity contribution in [3.63, 3.8) is 0 Å². The molecule has 0 unspecified atom stereocenters. The van der Waals surface area contributed by atoms with E-state index in [1.165, 1.54) is 126 Å². The first kappa shape index (κ1) is 65.6. The van der Waals surface area contributed by atoms with Crippen LogP contribution in [0.2, 0.25) is 0 Å². The quantitative estimate of drug-likeness (QED) is 0.0275. The summed E-state index contributed by atoms with van der Waals surface area (Å²) in [6.07, 6.45) is 27.0. The van der Waals surface area contributed by atoms with Crippen molar-refractivity contribution < 1.29 is 71.6 Å². The van der Waals surface area contributed by atoms with Crippen LogP contribution in [0.15, 0.2) is 12.2 Å². The molecule has 0 radical (unpaired) electrons. The first-order valence-corrected chi connectivity index (χ1v) is 28.6. The first-order valence-electron chi connectivity index (χ1n) is 26.2. The molecule has 0 aliphatic carbocycles. The standard InChI is InChI=1S/C50H94N2O15S2/c53-24-29-60-33-35-62-37-36-61-34-32-58-26-16-12-8-4-2-6-10-14-18-45-69-68-44-17-13-9-5-1-3-7-11-15-25-57-30-31-59-27-19-28-66-47-67-43-41-64-39-38-63-40-42-65-46-48(54)51-22-23-52-49(55)20-21-50(52)56/h20-21,53H,1-19,22-47H2,(H,51,54). The Bertz CT molecular complexity index is 1130. The average molecular weight is 1030 g/mol. The molecule has 1 aliphatic rings. The van der Waals surface area contributed by atoms with Crippen LogP contribution in [0.1, 0.15) is 122 Å². The fourth-order valence-corrected chi connectivity index (χ4v) is 8.94. The summed E-state index contributed by atoms with van der Waals surface area (Å²) in [6.45, 7) is 10.5. The Morgan fingerprint density at radius 3 is 1.16 bits per heavy atom. The lowest BCUT2D eigenvalue weighted by atomic mass is 10.1. The van der Waals surface area contributed by atoms with Crippen molar-refractivity contribution >= 4 is 39.3 Å². The molecule has 19 heteroatoms. The fraction of sp³-hybridized carbons (Fsp3) is 0.900. The largest absolute Gasteiger partial charge is 0.394 e. The van der Waals surface area contributed by atoms with E-state index in [0.717, 1.165) is 37.4 Å². The minimum atomic E-state index is -0.375. The Morgan fingerprint density at radius 1 is 0.406 bits per heavy atom. The minimum Gasteiger partial charge on any atom is -0.394 e. The molecule has 3 amide bonds. The highest BCUT2D eigenvalue weighted by molar-refractivity contribution is 8.76. The van der Waals surface area contributed by atoms with Crippen LogP contribution < -0.4 is 5.32 Å². The second kappa shape index (κ2) is 55.9. The summed E-state index contributed by atoms with van der Waals surface area (Å²) >= 11 is 0. The van der Waals surface area contributed by atoms with Gasteiger partial charge in [0, 0.05) is 56.6 Å². The average Bonchev–Trinajstić information content (AvgIpc) is 3.67. The van der Waals surface area contributed by atoms with E-state index in [-0.39, 0.29) is 57.4 Å². The molecule has 1 rings (SSSR count). The van der Waals surface area contributed by atoms with Gasteiger partial charge in [0.15, 0.2) is 0 Å². The van der Waals surface area contributed by atoms with E-state index in [4.69, 9.17) is 57.2 Å². The molecule has 0 aromatic heterocycles. The molecule has 406 valence electrons. The van der Waals surface area contributed by atoms with Crippen LogP contribution in [0.5, 0.6) is 0 Å². The van der Waals surface area contributed by atoms with Crippen molar-refractivity contribution in [1.29, 1.82) is 0 Å². The molecule has 0 fully saturated rings. The van der Waals surface area contributed by atoms with Gasteiger partial charge >= 0.3 is 0 Å². The van der Waals surface area contributed by atoms with Crippen molar-refractivity contribution in [2.45, 2.75) is 122 Å². The van der Waals surface area contributed by atoms with E-state index in [9.17, 15) is 14.4 Å². The molecule has 1 heterocycles. The van der Waals surface area contributed by atoms with E-state index in [0.29, 0.717) is 106 Å². The fourth-order valence-electron chi connectivity index (χ4n) is 6.64. The van der Waals surface area contributed by atoms with Crippen molar-refractivity contribution in [1.82, 2.24) is 10.2 Å². The zero-order chi connectivity index (χ0) is 49.4. The Balaban J connectivity index is 1.61. The molecule has 0 spiro atoms. The molecular weight excluding hydrogens is 933 g/mol. The zero-order valence-electron chi connectivity index (χ0n) is 42.4. The van der Waals surface area contributed by atoms with Gasteiger partial charge in [0.2, 0.25) is 5.91 Å². The number of unbranched alkanes of at least 4 members (excludes halogenated alkanes) is 16. The SMILES string of the molecule is O=C(COCCOCCOCCOCOCCCOCCOCCCCCCCCCCCSSCCCCCCCCCCCOCCOCCOCCOCCO)NCCN1C(=O)C=CC1=O. The number of nitrogens with one attached hydrogen (secondary N) is 1. The third-order valence-electron chi connectivity index (χ3n) is 10.5. The number of aliphatic hydroxyl groups is 1. The van der Waals surface area contributed by atoms with E-state index in [1.54, 1.807) is 0 Å². The van der Waals surface area contributed by atoms with Crippen LogP contribution in [0.4, 0.5) is 0 Å². The molecule has 0 saturated carbocycles. The first-order chi connectivity index (χ1) is 34.1. The molecule has 69 heavy (non-hydrogen) atoms. The maximum Gasteiger partial charge on any atom is 0.253 e. The monoisotopic (exact) mass is 1030 g/mol. The highest BCUT2D eigenvalue weighted by Gasteiger charge is 2.22. The summed E-state index contributed by atoms with van der Waals surface area (Å²) in [5, 5.41) is 11.2. The highest BCUT2D eigenvalue weighted by Crippen LogP contribution is 2.25. The lowest BCUT2D eigenvalue weighted by Crippen LogP contribution is -2.39. The normalized spacial score (nSPS) is 12.6. The maximum atomic E-state index is 11.8. The van der Waals surface area contributed by atoms with Crippen LogP contribution in [-0.2, 0) is 66.5 Å². The molecule has 0 aromatic carbocycles. The zero-order valence-corrected chi connectivity index (χ0v) is 44.0. The lowest BCUT2D eigenvalue weighted by Gasteiger charge is -2.14. The maximum absolute atomic E-state index is 11.8. The Kier molecular flexibility index (Phi) is 53.1.